The molecule has 1 aromatic heterocycles. The molecule has 2 rings (SSSR count). The van der Waals surface area contributed by atoms with Crippen LogP contribution < -0.4 is 10.5 Å². The summed E-state index contributed by atoms with van der Waals surface area (Å²) in [4.78, 5) is 8.00. The Balaban J connectivity index is 2.31. The second kappa shape index (κ2) is 4.90. The fourth-order valence-electron chi connectivity index (χ4n) is 1.32. The van der Waals surface area contributed by atoms with Gasteiger partial charge in [0.1, 0.15) is 17.5 Å². The zero-order valence-electron chi connectivity index (χ0n) is 9.51. The fourth-order valence-corrected chi connectivity index (χ4v) is 1.49. The Hall–Kier alpha value is -2.32. The Morgan fingerprint density at radius 1 is 1.33 bits per heavy atom. The van der Waals surface area contributed by atoms with Crippen LogP contribution in [0.5, 0.6) is 11.8 Å². The molecule has 0 aliphatic carbocycles. The number of nitrogen functional groups attached to an aromatic ring is 1. The number of ether oxygens (including phenoxy) is 1. The average molecular weight is 261 g/mol. The number of nitrogens with two attached hydrogens (primary N) is 1. The highest BCUT2D eigenvalue weighted by molar-refractivity contribution is 6.33. The van der Waals surface area contributed by atoms with Gasteiger partial charge < -0.3 is 10.5 Å². The van der Waals surface area contributed by atoms with Crippen molar-refractivity contribution in [3.8, 4) is 17.8 Å². The van der Waals surface area contributed by atoms with Crippen LogP contribution >= 0.6 is 11.6 Å². The van der Waals surface area contributed by atoms with E-state index < -0.39 is 0 Å². The molecule has 6 heteroatoms. The zero-order valence-corrected chi connectivity index (χ0v) is 10.3. The van der Waals surface area contributed by atoms with Gasteiger partial charge in [0.25, 0.3) is 0 Å². The van der Waals surface area contributed by atoms with Crippen molar-refractivity contribution in [3.63, 3.8) is 0 Å². The average Bonchev–Trinajstić information content (AvgIpc) is 2.33. The zero-order chi connectivity index (χ0) is 13.1. The summed E-state index contributed by atoms with van der Waals surface area (Å²) >= 11 is 5.87. The molecule has 90 valence electrons. The van der Waals surface area contributed by atoms with Crippen LogP contribution in [-0.4, -0.2) is 9.97 Å². The lowest BCUT2D eigenvalue weighted by Crippen LogP contribution is -1.96. The van der Waals surface area contributed by atoms with Crippen LogP contribution in [0.25, 0.3) is 0 Å². The summed E-state index contributed by atoms with van der Waals surface area (Å²) in [6.45, 7) is 1.76. The minimum absolute atomic E-state index is 0.104. The molecule has 0 radical (unpaired) electrons. The van der Waals surface area contributed by atoms with Gasteiger partial charge in [-0.05, 0) is 25.1 Å². The molecular weight excluding hydrogens is 252 g/mol. The number of hydrogen-bond donors (Lipinski definition) is 1. The van der Waals surface area contributed by atoms with Crippen molar-refractivity contribution in [2.45, 2.75) is 6.92 Å². The van der Waals surface area contributed by atoms with E-state index in [2.05, 4.69) is 9.97 Å². The third-order valence-corrected chi connectivity index (χ3v) is 2.46. The first-order valence-corrected chi connectivity index (χ1v) is 5.45. The molecule has 0 unspecified atom stereocenters. The van der Waals surface area contributed by atoms with Gasteiger partial charge in [0.2, 0.25) is 0 Å². The quantitative estimate of drug-likeness (QED) is 0.839. The molecule has 1 aromatic carbocycles. The van der Waals surface area contributed by atoms with Gasteiger partial charge in [0.05, 0.1) is 10.7 Å². The van der Waals surface area contributed by atoms with Gasteiger partial charge in [0.15, 0.2) is 0 Å². The Bertz CT molecular complexity index is 636. The number of aryl methyl sites for hydroxylation is 1. The van der Waals surface area contributed by atoms with Crippen LogP contribution in [0.3, 0.4) is 0 Å². The summed E-state index contributed by atoms with van der Waals surface area (Å²) in [5.41, 5.74) is 6.95. The third-order valence-electron chi connectivity index (χ3n) is 2.13. The molecule has 0 spiro atoms. The molecule has 2 aromatic rings. The molecule has 0 saturated carbocycles. The van der Waals surface area contributed by atoms with Crippen molar-refractivity contribution in [2.24, 2.45) is 0 Å². The molecular formula is C12H9ClN4O. The lowest BCUT2D eigenvalue weighted by atomic mass is 10.3. The molecule has 0 saturated heterocycles. The largest absolute Gasteiger partial charge is 0.424 e. The van der Waals surface area contributed by atoms with Crippen LogP contribution in [0.2, 0.25) is 5.02 Å². The molecule has 1 heterocycles. The highest BCUT2D eigenvalue weighted by Gasteiger charge is 2.06. The first-order valence-electron chi connectivity index (χ1n) is 5.07. The maximum absolute atomic E-state index is 8.80. The number of rotatable bonds is 2. The normalized spacial score (nSPS) is 9.83. The van der Waals surface area contributed by atoms with E-state index in [0.29, 0.717) is 22.2 Å². The van der Waals surface area contributed by atoms with Gasteiger partial charge in [-0.2, -0.15) is 10.2 Å². The fraction of sp³-hybridized carbons (Fsp3) is 0.0833. The van der Waals surface area contributed by atoms with Crippen molar-refractivity contribution in [2.75, 3.05) is 5.73 Å². The van der Waals surface area contributed by atoms with Crippen molar-refractivity contribution in [3.05, 3.63) is 40.7 Å². The summed E-state index contributed by atoms with van der Waals surface area (Å²) in [5.74, 6) is 0.462. The van der Waals surface area contributed by atoms with Gasteiger partial charge in [-0.3, -0.25) is 0 Å². The Morgan fingerprint density at radius 2 is 2.11 bits per heavy atom. The maximum atomic E-state index is 8.80. The lowest BCUT2D eigenvalue weighted by Gasteiger charge is -2.06. The third kappa shape index (κ3) is 2.67. The molecule has 0 fully saturated rings. The topological polar surface area (TPSA) is 84.8 Å². The van der Waals surface area contributed by atoms with E-state index >= 15 is 0 Å². The number of benzene rings is 1. The predicted molar refractivity (Wildman–Crippen MR) is 67.4 cm³/mol. The first-order chi connectivity index (χ1) is 8.58. The number of aromatic nitrogens is 2. The van der Waals surface area contributed by atoms with E-state index in [1.54, 1.807) is 31.2 Å². The minimum atomic E-state index is 0.104. The smallest absolute Gasteiger partial charge is 0.323 e. The van der Waals surface area contributed by atoms with E-state index in [0.717, 1.165) is 0 Å². The van der Waals surface area contributed by atoms with Crippen LogP contribution in [0.15, 0.2) is 24.3 Å². The summed E-state index contributed by atoms with van der Waals surface area (Å²) in [6, 6.07) is 8.45. The van der Waals surface area contributed by atoms with E-state index in [4.69, 9.17) is 27.3 Å². The van der Waals surface area contributed by atoms with Gasteiger partial charge in [-0.1, -0.05) is 11.6 Å². The number of nitrogens with zero attached hydrogens (tertiary/aromatic N) is 3. The summed E-state index contributed by atoms with van der Waals surface area (Å²) in [6.07, 6.45) is 0. The number of halogens is 1. The summed E-state index contributed by atoms with van der Waals surface area (Å²) < 4.78 is 5.42. The minimum Gasteiger partial charge on any atom is -0.424 e. The Labute approximate surface area is 109 Å². The number of anilines is 1. The highest BCUT2D eigenvalue weighted by Crippen LogP contribution is 2.26. The molecule has 0 aliphatic heterocycles. The van der Waals surface area contributed by atoms with Crippen molar-refractivity contribution < 1.29 is 4.74 Å². The second-order valence-corrected chi connectivity index (χ2v) is 3.98. The van der Waals surface area contributed by atoms with Crippen LogP contribution in [0.1, 0.15) is 11.4 Å². The van der Waals surface area contributed by atoms with Crippen molar-refractivity contribution >= 4 is 17.3 Å². The van der Waals surface area contributed by atoms with E-state index in [1.165, 1.54) is 0 Å². The van der Waals surface area contributed by atoms with Crippen molar-refractivity contribution in [1.82, 2.24) is 9.97 Å². The molecule has 0 bridgehead atoms. The van der Waals surface area contributed by atoms with Gasteiger partial charge in [-0.25, -0.2) is 4.98 Å². The number of hydrogen-bond acceptors (Lipinski definition) is 5. The van der Waals surface area contributed by atoms with Gasteiger partial charge in [0, 0.05) is 11.8 Å². The SMILES string of the molecule is Cc1cc(C#N)nc(Oc2ccc(N)c(Cl)c2)n1. The Kier molecular flexibility index (Phi) is 3.31. The van der Waals surface area contributed by atoms with Gasteiger partial charge >= 0.3 is 6.01 Å². The van der Waals surface area contributed by atoms with Gasteiger partial charge in [-0.15, -0.1) is 0 Å². The first kappa shape index (κ1) is 12.1. The predicted octanol–water partition coefficient (Wildman–Crippen LogP) is 2.68. The molecule has 2 N–H and O–H groups in total. The molecule has 0 aliphatic rings. The van der Waals surface area contributed by atoms with Crippen LogP contribution in [0.4, 0.5) is 5.69 Å². The maximum Gasteiger partial charge on any atom is 0.323 e. The van der Waals surface area contributed by atoms with E-state index in [-0.39, 0.29) is 11.7 Å². The van der Waals surface area contributed by atoms with E-state index in [9.17, 15) is 0 Å². The van der Waals surface area contributed by atoms with Crippen LogP contribution in [0, 0.1) is 18.3 Å². The molecule has 0 amide bonds. The second-order valence-electron chi connectivity index (χ2n) is 3.57. The highest BCUT2D eigenvalue weighted by atomic mass is 35.5. The monoisotopic (exact) mass is 260 g/mol. The summed E-state index contributed by atoms with van der Waals surface area (Å²) in [5, 5.41) is 9.19. The van der Waals surface area contributed by atoms with Crippen molar-refractivity contribution in [1.29, 1.82) is 5.26 Å². The Morgan fingerprint density at radius 3 is 2.78 bits per heavy atom. The molecule has 5 nitrogen and oxygen atoms in total. The molecule has 0 atom stereocenters. The lowest BCUT2D eigenvalue weighted by molar-refractivity contribution is 0.440. The summed E-state index contributed by atoms with van der Waals surface area (Å²) in [7, 11) is 0. The number of nitriles is 1. The standard InChI is InChI=1S/C12H9ClN4O/c1-7-4-8(6-14)17-12(16-7)18-9-2-3-11(15)10(13)5-9/h2-5H,15H2,1H3. The van der Waals surface area contributed by atoms with Crippen LogP contribution in [-0.2, 0) is 0 Å². The van der Waals surface area contributed by atoms with E-state index in [1.807, 2.05) is 6.07 Å². The molecule has 18 heavy (non-hydrogen) atoms.